The van der Waals surface area contributed by atoms with Crippen molar-refractivity contribution in [2.24, 2.45) is 4.99 Å². The standard InChI is InChI=1S/C21H24N4O2S/c1-22-21(24-15-9-10-17-18(14-15)27-13-5-12-26-17)23-11-4-8-20-25-16-6-2-3-7-19(16)28-20/h2-3,6-7,9-10,14H,4-5,8,11-13H2,1H3,(H2,22,23,24). The number of benzene rings is 2. The summed E-state index contributed by atoms with van der Waals surface area (Å²) in [4.78, 5) is 8.99. The average molecular weight is 397 g/mol. The first-order valence-corrected chi connectivity index (χ1v) is 10.4. The molecule has 1 aliphatic rings. The molecular weight excluding hydrogens is 372 g/mol. The lowest BCUT2D eigenvalue weighted by atomic mass is 10.2. The monoisotopic (exact) mass is 396 g/mol. The van der Waals surface area contributed by atoms with Crippen LogP contribution in [0.15, 0.2) is 47.5 Å². The van der Waals surface area contributed by atoms with E-state index in [4.69, 9.17) is 9.47 Å². The minimum atomic E-state index is 0.676. The smallest absolute Gasteiger partial charge is 0.195 e. The van der Waals surface area contributed by atoms with Gasteiger partial charge in [-0.2, -0.15) is 0 Å². The largest absolute Gasteiger partial charge is 0.490 e. The van der Waals surface area contributed by atoms with Gasteiger partial charge in [-0.15, -0.1) is 11.3 Å². The van der Waals surface area contributed by atoms with Crippen LogP contribution in [-0.2, 0) is 6.42 Å². The second-order valence-corrected chi connectivity index (χ2v) is 7.63. The molecule has 3 aromatic rings. The van der Waals surface area contributed by atoms with Gasteiger partial charge >= 0.3 is 0 Å². The predicted molar refractivity (Wildman–Crippen MR) is 115 cm³/mol. The summed E-state index contributed by atoms with van der Waals surface area (Å²) in [7, 11) is 1.77. The van der Waals surface area contributed by atoms with Crippen LogP contribution in [-0.4, -0.2) is 37.7 Å². The van der Waals surface area contributed by atoms with Crippen LogP contribution in [0.2, 0.25) is 0 Å². The van der Waals surface area contributed by atoms with Crippen LogP contribution >= 0.6 is 11.3 Å². The van der Waals surface area contributed by atoms with Gasteiger partial charge in [-0.25, -0.2) is 4.98 Å². The first-order valence-electron chi connectivity index (χ1n) is 9.53. The van der Waals surface area contributed by atoms with Crippen LogP contribution < -0.4 is 20.1 Å². The fraction of sp³-hybridized carbons (Fsp3) is 0.333. The van der Waals surface area contributed by atoms with Crippen LogP contribution in [0.1, 0.15) is 17.8 Å². The van der Waals surface area contributed by atoms with Gasteiger partial charge < -0.3 is 20.1 Å². The molecule has 28 heavy (non-hydrogen) atoms. The lowest BCUT2D eigenvalue weighted by Crippen LogP contribution is -2.31. The Hall–Kier alpha value is -2.80. The maximum atomic E-state index is 5.75. The highest BCUT2D eigenvalue weighted by Gasteiger charge is 2.11. The number of fused-ring (bicyclic) bond motifs is 2. The van der Waals surface area contributed by atoms with Gasteiger partial charge in [-0.05, 0) is 30.7 Å². The first kappa shape index (κ1) is 18.6. The molecule has 6 nitrogen and oxygen atoms in total. The van der Waals surface area contributed by atoms with Crippen molar-refractivity contribution in [3.8, 4) is 11.5 Å². The number of para-hydroxylation sites is 1. The minimum absolute atomic E-state index is 0.676. The molecule has 1 aliphatic heterocycles. The van der Waals surface area contributed by atoms with E-state index in [9.17, 15) is 0 Å². The van der Waals surface area contributed by atoms with E-state index < -0.39 is 0 Å². The number of anilines is 1. The molecule has 0 unspecified atom stereocenters. The van der Waals surface area contributed by atoms with Crippen molar-refractivity contribution in [1.29, 1.82) is 0 Å². The van der Waals surface area contributed by atoms with Gasteiger partial charge in [0.15, 0.2) is 17.5 Å². The highest BCUT2D eigenvalue weighted by atomic mass is 32.1. The molecule has 0 radical (unpaired) electrons. The number of guanidine groups is 1. The SMILES string of the molecule is CN=C(NCCCc1nc2ccccc2s1)Nc1ccc2c(c1)OCCCO2. The number of aromatic nitrogens is 1. The maximum Gasteiger partial charge on any atom is 0.195 e. The van der Waals surface area contributed by atoms with E-state index in [0.29, 0.717) is 13.2 Å². The van der Waals surface area contributed by atoms with E-state index in [2.05, 4.69) is 38.8 Å². The molecule has 0 fully saturated rings. The topological polar surface area (TPSA) is 67.8 Å². The van der Waals surface area contributed by atoms with Crippen LogP contribution in [0, 0.1) is 0 Å². The quantitative estimate of drug-likeness (QED) is 0.386. The summed E-state index contributed by atoms with van der Waals surface area (Å²) >= 11 is 1.77. The Morgan fingerprint density at radius 3 is 2.86 bits per heavy atom. The molecule has 0 aliphatic carbocycles. The lowest BCUT2D eigenvalue weighted by Gasteiger charge is -2.13. The Bertz CT molecular complexity index is 937. The number of nitrogens with one attached hydrogen (secondary N) is 2. The van der Waals surface area contributed by atoms with Crippen LogP contribution in [0.5, 0.6) is 11.5 Å². The van der Waals surface area contributed by atoms with Crippen molar-refractivity contribution in [2.75, 3.05) is 32.1 Å². The van der Waals surface area contributed by atoms with Crippen molar-refractivity contribution in [1.82, 2.24) is 10.3 Å². The highest BCUT2D eigenvalue weighted by Crippen LogP contribution is 2.32. The van der Waals surface area contributed by atoms with Gasteiger partial charge in [-0.3, -0.25) is 4.99 Å². The van der Waals surface area contributed by atoms with Gasteiger partial charge in [0.05, 0.1) is 28.4 Å². The van der Waals surface area contributed by atoms with E-state index in [1.807, 2.05) is 24.3 Å². The first-order chi connectivity index (χ1) is 13.8. The predicted octanol–water partition coefficient (Wildman–Crippen LogP) is 4.08. The van der Waals surface area contributed by atoms with Gasteiger partial charge in [0.1, 0.15) is 0 Å². The minimum Gasteiger partial charge on any atom is -0.490 e. The molecule has 2 aromatic carbocycles. The number of ether oxygens (including phenoxy) is 2. The summed E-state index contributed by atoms with van der Waals surface area (Å²) in [5.41, 5.74) is 2.01. The van der Waals surface area contributed by atoms with Crippen LogP contribution in [0.3, 0.4) is 0 Å². The summed E-state index contributed by atoms with van der Waals surface area (Å²) in [6, 6.07) is 14.1. The van der Waals surface area contributed by atoms with Crippen molar-refractivity contribution < 1.29 is 9.47 Å². The fourth-order valence-corrected chi connectivity index (χ4v) is 4.04. The number of nitrogens with zero attached hydrogens (tertiary/aromatic N) is 2. The van der Waals surface area contributed by atoms with Gasteiger partial charge in [0.2, 0.25) is 0 Å². The summed E-state index contributed by atoms with van der Waals surface area (Å²) < 4.78 is 12.7. The van der Waals surface area contributed by atoms with E-state index in [1.165, 1.54) is 9.71 Å². The van der Waals surface area contributed by atoms with Crippen LogP contribution in [0.4, 0.5) is 5.69 Å². The van der Waals surface area contributed by atoms with E-state index >= 15 is 0 Å². The van der Waals surface area contributed by atoms with Crippen molar-refractivity contribution >= 4 is 33.2 Å². The Labute approximate surface area is 168 Å². The normalized spacial score (nSPS) is 14.0. The lowest BCUT2D eigenvalue weighted by molar-refractivity contribution is 0.297. The molecule has 0 saturated carbocycles. The molecule has 146 valence electrons. The molecule has 0 bridgehead atoms. The summed E-state index contributed by atoms with van der Waals surface area (Å²) in [5, 5.41) is 7.84. The zero-order chi connectivity index (χ0) is 19.2. The summed E-state index contributed by atoms with van der Waals surface area (Å²) in [5.74, 6) is 2.30. The van der Waals surface area contributed by atoms with E-state index in [0.717, 1.165) is 54.5 Å². The van der Waals surface area contributed by atoms with Gasteiger partial charge in [0.25, 0.3) is 0 Å². The number of hydrogen-bond acceptors (Lipinski definition) is 5. The number of thiazole rings is 1. The molecule has 7 heteroatoms. The average Bonchev–Trinajstić information content (AvgIpc) is 2.99. The van der Waals surface area contributed by atoms with Crippen molar-refractivity contribution in [3.63, 3.8) is 0 Å². The Kier molecular flexibility index (Phi) is 5.92. The van der Waals surface area contributed by atoms with Gasteiger partial charge in [-0.1, -0.05) is 12.1 Å². The Balaban J connectivity index is 1.28. The number of rotatable bonds is 5. The number of aliphatic imine (C=N–C) groups is 1. The van der Waals surface area contributed by atoms with Gasteiger partial charge in [0, 0.05) is 38.2 Å². The zero-order valence-electron chi connectivity index (χ0n) is 15.9. The van der Waals surface area contributed by atoms with Crippen molar-refractivity contribution in [3.05, 3.63) is 47.5 Å². The molecule has 0 saturated heterocycles. The molecule has 0 spiro atoms. The second-order valence-electron chi connectivity index (χ2n) is 6.51. The summed E-state index contributed by atoms with van der Waals surface area (Å²) in [6.07, 6.45) is 2.84. The molecule has 1 aromatic heterocycles. The Morgan fingerprint density at radius 2 is 2.00 bits per heavy atom. The molecule has 2 heterocycles. The molecule has 0 atom stereocenters. The van der Waals surface area contributed by atoms with Crippen molar-refractivity contribution in [2.45, 2.75) is 19.3 Å². The zero-order valence-corrected chi connectivity index (χ0v) is 16.7. The second kappa shape index (κ2) is 8.93. The number of hydrogen-bond donors (Lipinski definition) is 2. The molecular formula is C21H24N4O2S. The Morgan fingerprint density at radius 1 is 1.14 bits per heavy atom. The molecule has 0 amide bonds. The molecule has 4 rings (SSSR count). The van der Waals surface area contributed by atoms with E-state index in [-0.39, 0.29) is 0 Å². The third-order valence-corrected chi connectivity index (χ3v) is 5.53. The maximum absolute atomic E-state index is 5.75. The fourth-order valence-electron chi connectivity index (χ4n) is 3.03. The third-order valence-electron chi connectivity index (χ3n) is 4.43. The molecule has 2 N–H and O–H groups in total. The highest BCUT2D eigenvalue weighted by molar-refractivity contribution is 7.18. The number of aryl methyl sites for hydroxylation is 1. The van der Waals surface area contributed by atoms with E-state index in [1.54, 1.807) is 18.4 Å². The van der Waals surface area contributed by atoms with Crippen LogP contribution in [0.25, 0.3) is 10.2 Å². The summed E-state index contributed by atoms with van der Waals surface area (Å²) in [6.45, 7) is 2.19. The third kappa shape index (κ3) is 4.54.